The lowest BCUT2D eigenvalue weighted by molar-refractivity contribution is 0.477. The van der Waals surface area contributed by atoms with Gasteiger partial charge in [-0.1, -0.05) is 12.0 Å². The molecule has 17 heavy (non-hydrogen) atoms. The minimum Gasteiger partial charge on any atom is -0.407 e. The molecule has 0 fully saturated rings. The molecule has 2 aromatic rings. The molecule has 2 rings (SSSR count). The Kier molecular flexibility index (Phi) is 4.45. The van der Waals surface area contributed by atoms with Gasteiger partial charge in [0, 0.05) is 11.6 Å². The second-order valence-corrected chi connectivity index (χ2v) is 4.44. The summed E-state index contributed by atoms with van der Waals surface area (Å²) in [6, 6.07) is 0.438. The van der Waals surface area contributed by atoms with E-state index in [2.05, 4.69) is 32.7 Å². The lowest BCUT2D eigenvalue weighted by atomic mass is 10.5. The molecule has 0 saturated carbocycles. The van der Waals surface area contributed by atoms with Gasteiger partial charge in [0.25, 0.3) is 0 Å². The molecule has 0 radical (unpaired) electrons. The van der Waals surface area contributed by atoms with E-state index in [1.165, 1.54) is 0 Å². The first-order valence-corrected chi connectivity index (χ1v) is 6.41. The van der Waals surface area contributed by atoms with Gasteiger partial charge in [0.1, 0.15) is 5.01 Å². The van der Waals surface area contributed by atoms with E-state index in [0.717, 1.165) is 18.0 Å². The van der Waals surface area contributed by atoms with Crippen LogP contribution in [-0.2, 0) is 13.1 Å². The number of nitrogens with zero attached hydrogens (tertiary/aromatic N) is 3. The Morgan fingerprint density at radius 2 is 2.29 bits per heavy atom. The lowest BCUT2D eigenvalue weighted by Gasteiger charge is -1.97. The fraction of sp³-hybridized carbons (Fsp3) is 0.500. The highest BCUT2D eigenvalue weighted by atomic mass is 32.1. The van der Waals surface area contributed by atoms with Crippen molar-refractivity contribution in [1.29, 1.82) is 0 Å². The van der Waals surface area contributed by atoms with Gasteiger partial charge in [-0.15, -0.1) is 16.4 Å². The maximum atomic E-state index is 5.41. The summed E-state index contributed by atoms with van der Waals surface area (Å²) in [6.45, 7) is 4.29. The first-order chi connectivity index (χ1) is 8.38. The SMILES string of the molecule is CCCNCc1nnc(NCc2nccs2)o1. The third kappa shape index (κ3) is 3.79. The molecule has 0 aromatic carbocycles. The van der Waals surface area contributed by atoms with E-state index < -0.39 is 0 Å². The molecule has 0 unspecified atom stereocenters. The Bertz CT molecular complexity index is 428. The molecule has 0 amide bonds. The highest BCUT2D eigenvalue weighted by Gasteiger charge is 2.05. The second-order valence-electron chi connectivity index (χ2n) is 3.46. The van der Waals surface area contributed by atoms with Crippen LogP contribution in [0.5, 0.6) is 0 Å². The van der Waals surface area contributed by atoms with Crippen LogP contribution in [0.15, 0.2) is 16.0 Å². The van der Waals surface area contributed by atoms with Crippen LogP contribution >= 0.6 is 11.3 Å². The van der Waals surface area contributed by atoms with Crippen LogP contribution in [0.1, 0.15) is 24.2 Å². The standard InChI is InChI=1S/C10H15N5OS/c1-2-3-11-6-8-14-15-10(16-8)13-7-9-12-4-5-17-9/h4-5,11H,2-3,6-7H2,1H3,(H,13,15). The molecular weight excluding hydrogens is 238 g/mol. The van der Waals surface area contributed by atoms with Gasteiger partial charge in [0.15, 0.2) is 0 Å². The Hall–Kier alpha value is -1.47. The van der Waals surface area contributed by atoms with E-state index in [4.69, 9.17) is 4.42 Å². The summed E-state index contributed by atoms with van der Waals surface area (Å²) in [5.74, 6) is 0.597. The number of rotatable bonds is 7. The van der Waals surface area contributed by atoms with Crippen molar-refractivity contribution in [1.82, 2.24) is 20.5 Å². The van der Waals surface area contributed by atoms with E-state index in [1.54, 1.807) is 17.5 Å². The fourth-order valence-corrected chi connectivity index (χ4v) is 1.82. The molecule has 2 heterocycles. The minimum absolute atomic E-state index is 0.438. The van der Waals surface area contributed by atoms with Gasteiger partial charge in [-0.25, -0.2) is 4.98 Å². The predicted octanol–water partition coefficient (Wildman–Crippen LogP) is 1.64. The first-order valence-electron chi connectivity index (χ1n) is 5.54. The molecule has 0 atom stereocenters. The molecule has 0 saturated heterocycles. The highest BCUT2D eigenvalue weighted by molar-refractivity contribution is 7.09. The van der Waals surface area contributed by atoms with Crippen LogP contribution in [0.25, 0.3) is 0 Å². The third-order valence-electron chi connectivity index (χ3n) is 2.04. The average molecular weight is 253 g/mol. The zero-order valence-electron chi connectivity index (χ0n) is 9.64. The number of hydrogen-bond donors (Lipinski definition) is 2. The van der Waals surface area contributed by atoms with Crippen LogP contribution in [0, 0.1) is 0 Å². The molecule has 0 aliphatic heterocycles. The van der Waals surface area contributed by atoms with Crippen molar-refractivity contribution in [2.24, 2.45) is 0 Å². The number of aromatic nitrogens is 3. The predicted molar refractivity (Wildman–Crippen MR) is 65.7 cm³/mol. The summed E-state index contributed by atoms with van der Waals surface area (Å²) in [7, 11) is 0. The summed E-state index contributed by atoms with van der Waals surface area (Å²) < 4.78 is 5.41. The van der Waals surface area contributed by atoms with Crippen molar-refractivity contribution in [2.45, 2.75) is 26.4 Å². The van der Waals surface area contributed by atoms with Crippen LogP contribution in [0.2, 0.25) is 0 Å². The monoisotopic (exact) mass is 253 g/mol. The molecule has 0 spiro atoms. The highest BCUT2D eigenvalue weighted by Crippen LogP contribution is 2.09. The van der Waals surface area contributed by atoms with Crippen molar-refractivity contribution in [3.8, 4) is 0 Å². The minimum atomic E-state index is 0.438. The van der Waals surface area contributed by atoms with Crippen molar-refractivity contribution in [2.75, 3.05) is 11.9 Å². The maximum absolute atomic E-state index is 5.41. The van der Waals surface area contributed by atoms with Gasteiger partial charge >= 0.3 is 6.01 Å². The van der Waals surface area contributed by atoms with Crippen LogP contribution < -0.4 is 10.6 Å². The van der Waals surface area contributed by atoms with Gasteiger partial charge in [-0.3, -0.25) is 0 Å². The Balaban J connectivity index is 1.77. The lowest BCUT2D eigenvalue weighted by Crippen LogP contribution is -2.13. The quantitative estimate of drug-likeness (QED) is 0.731. The number of hydrogen-bond acceptors (Lipinski definition) is 7. The molecule has 0 aliphatic rings. The molecule has 2 aromatic heterocycles. The zero-order valence-corrected chi connectivity index (χ0v) is 10.5. The topological polar surface area (TPSA) is 75.9 Å². The molecule has 0 aliphatic carbocycles. The van der Waals surface area contributed by atoms with Gasteiger partial charge in [-0.2, -0.15) is 0 Å². The Morgan fingerprint density at radius 1 is 1.35 bits per heavy atom. The summed E-state index contributed by atoms with van der Waals surface area (Å²) in [6.07, 6.45) is 2.86. The smallest absolute Gasteiger partial charge is 0.315 e. The molecule has 0 bridgehead atoms. The van der Waals surface area contributed by atoms with Gasteiger partial charge in [0.2, 0.25) is 5.89 Å². The number of anilines is 1. The zero-order chi connectivity index (χ0) is 11.9. The average Bonchev–Trinajstić information content (AvgIpc) is 2.98. The second kappa shape index (κ2) is 6.31. The van der Waals surface area contributed by atoms with Crippen molar-refractivity contribution < 1.29 is 4.42 Å². The van der Waals surface area contributed by atoms with Gasteiger partial charge in [0.05, 0.1) is 13.1 Å². The fourth-order valence-electron chi connectivity index (χ4n) is 1.26. The summed E-state index contributed by atoms with van der Waals surface area (Å²) >= 11 is 1.59. The third-order valence-corrected chi connectivity index (χ3v) is 2.82. The molecular formula is C10H15N5OS. The number of nitrogens with one attached hydrogen (secondary N) is 2. The summed E-state index contributed by atoms with van der Waals surface area (Å²) in [5.41, 5.74) is 0. The molecule has 7 heteroatoms. The van der Waals surface area contributed by atoms with Crippen LogP contribution in [0.3, 0.4) is 0 Å². The van der Waals surface area contributed by atoms with Gasteiger partial charge in [-0.05, 0) is 13.0 Å². The van der Waals surface area contributed by atoms with Gasteiger partial charge < -0.3 is 15.1 Å². The van der Waals surface area contributed by atoms with Crippen molar-refractivity contribution >= 4 is 17.4 Å². The molecule has 6 nitrogen and oxygen atoms in total. The Labute approximate surface area is 103 Å². The number of thiazole rings is 1. The van der Waals surface area contributed by atoms with Crippen LogP contribution in [0.4, 0.5) is 6.01 Å². The van der Waals surface area contributed by atoms with E-state index >= 15 is 0 Å². The largest absolute Gasteiger partial charge is 0.407 e. The van der Waals surface area contributed by atoms with E-state index in [-0.39, 0.29) is 0 Å². The van der Waals surface area contributed by atoms with Crippen LogP contribution in [-0.4, -0.2) is 21.7 Å². The molecule has 92 valence electrons. The van der Waals surface area contributed by atoms with Crippen molar-refractivity contribution in [3.05, 3.63) is 22.5 Å². The molecule has 2 N–H and O–H groups in total. The van der Waals surface area contributed by atoms with E-state index in [0.29, 0.717) is 25.0 Å². The summed E-state index contributed by atoms with van der Waals surface area (Å²) in [5, 5.41) is 17.0. The maximum Gasteiger partial charge on any atom is 0.315 e. The van der Waals surface area contributed by atoms with E-state index in [9.17, 15) is 0 Å². The van der Waals surface area contributed by atoms with Crippen molar-refractivity contribution in [3.63, 3.8) is 0 Å². The summed E-state index contributed by atoms with van der Waals surface area (Å²) in [4.78, 5) is 4.15. The first kappa shape index (κ1) is 12.0. The normalized spacial score (nSPS) is 10.6. The Morgan fingerprint density at radius 3 is 3.06 bits per heavy atom. The van der Waals surface area contributed by atoms with E-state index in [1.807, 2.05) is 5.38 Å².